The maximum absolute atomic E-state index is 9.44. The van der Waals surface area contributed by atoms with Gasteiger partial charge in [-0.15, -0.1) is 0 Å². The summed E-state index contributed by atoms with van der Waals surface area (Å²) in [6.45, 7) is 3.04. The van der Waals surface area contributed by atoms with E-state index < -0.39 is 24.4 Å². The Hall–Kier alpha value is -1.14. The van der Waals surface area contributed by atoms with Gasteiger partial charge in [0.2, 0.25) is 0 Å². The predicted octanol–water partition coefficient (Wildman–Crippen LogP) is 3.51. The molecular formula is C18H22Cl2O4. The highest BCUT2D eigenvalue weighted by Crippen LogP contribution is 2.25. The van der Waals surface area contributed by atoms with Crippen molar-refractivity contribution in [1.82, 2.24) is 0 Å². The van der Waals surface area contributed by atoms with Gasteiger partial charge in [0.05, 0.1) is 12.2 Å². The van der Waals surface area contributed by atoms with Crippen molar-refractivity contribution in [2.75, 3.05) is 0 Å². The molecule has 0 aromatic heterocycles. The van der Waals surface area contributed by atoms with Crippen LogP contribution < -0.4 is 0 Å². The number of rotatable bonds is 4. The smallest absolute Gasteiger partial charge is 0.106 e. The second-order valence-electron chi connectivity index (χ2n) is 5.41. The highest BCUT2D eigenvalue weighted by Gasteiger charge is 2.16. The number of hydrogen-bond acceptors (Lipinski definition) is 4. The van der Waals surface area contributed by atoms with Crippen LogP contribution in [0.3, 0.4) is 0 Å². The Labute approximate surface area is 151 Å². The summed E-state index contributed by atoms with van der Waals surface area (Å²) in [6, 6.07) is 13.9. The van der Waals surface area contributed by atoms with Gasteiger partial charge in [-0.1, -0.05) is 59.6 Å². The normalized spacial score (nSPS) is 15.7. The maximum Gasteiger partial charge on any atom is 0.106 e. The molecule has 0 bridgehead atoms. The average molecular weight is 373 g/mol. The van der Waals surface area contributed by atoms with Crippen molar-refractivity contribution in [3.05, 3.63) is 69.7 Å². The van der Waals surface area contributed by atoms with Gasteiger partial charge in [-0.3, -0.25) is 0 Å². The zero-order valence-corrected chi connectivity index (χ0v) is 15.0. The molecule has 2 aromatic carbocycles. The topological polar surface area (TPSA) is 80.9 Å². The zero-order chi connectivity index (χ0) is 18.3. The lowest BCUT2D eigenvalue weighted by Gasteiger charge is -2.14. The molecule has 0 spiro atoms. The SMILES string of the molecule is C[C@@H](O)[C@H](O)c1ccccc1Cl.C[C@H](O)[C@@H](O)c1ccccc1Cl. The Balaban J connectivity index is 0.000000240. The molecule has 24 heavy (non-hydrogen) atoms. The minimum atomic E-state index is -0.904. The Kier molecular flexibility index (Phi) is 8.70. The first kappa shape index (κ1) is 20.9. The molecule has 0 aliphatic heterocycles. The van der Waals surface area contributed by atoms with Gasteiger partial charge in [-0.05, 0) is 26.0 Å². The van der Waals surface area contributed by atoms with E-state index in [4.69, 9.17) is 33.4 Å². The van der Waals surface area contributed by atoms with Crippen molar-refractivity contribution < 1.29 is 20.4 Å². The zero-order valence-electron chi connectivity index (χ0n) is 13.5. The van der Waals surface area contributed by atoms with E-state index in [-0.39, 0.29) is 0 Å². The van der Waals surface area contributed by atoms with Crippen LogP contribution >= 0.6 is 23.2 Å². The highest BCUT2D eigenvalue weighted by molar-refractivity contribution is 6.31. The van der Waals surface area contributed by atoms with E-state index in [9.17, 15) is 10.2 Å². The van der Waals surface area contributed by atoms with Crippen LogP contribution in [0.25, 0.3) is 0 Å². The van der Waals surface area contributed by atoms with Crippen LogP contribution in [0.1, 0.15) is 37.2 Å². The fourth-order valence-electron chi connectivity index (χ4n) is 1.95. The first-order chi connectivity index (χ1) is 11.3. The third-order valence-corrected chi connectivity index (χ3v) is 4.05. The van der Waals surface area contributed by atoms with Gasteiger partial charge in [0.15, 0.2) is 0 Å². The van der Waals surface area contributed by atoms with E-state index in [1.54, 1.807) is 48.5 Å². The second-order valence-corrected chi connectivity index (χ2v) is 6.23. The van der Waals surface area contributed by atoms with Crippen LogP contribution in [-0.4, -0.2) is 32.6 Å². The third kappa shape index (κ3) is 6.06. The summed E-state index contributed by atoms with van der Waals surface area (Å²) in [5.74, 6) is 0. The molecule has 0 amide bonds. The molecule has 6 heteroatoms. The van der Waals surface area contributed by atoms with E-state index in [1.807, 2.05) is 0 Å². The number of hydrogen-bond donors (Lipinski definition) is 4. The summed E-state index contributed by atoms with van der Waals surface area (Å²) in [4.78, 5) is 0. The van der Waals surface area contributed by atoms with Crippen molar-refractivity contribution in [1.29, 1.82) is 0 Å². The number of aliphatic hydroxyl groups is 4. The molecule has 0 unspecified atom stereocenters. The van der Waals surface area contributed by atoms with Gasteiger partial charge in [0.25, 0.3) is 0 Å². The number of aliphatic hydroxyl groups excluding tert-OH is 4. The predicted molar refractivity (Wildman–Crippen MR) is 96.2 cm³/mol. The Morgan fingerprint density at radius 2 is 0.917 bits per heavy atom. The van der Waals surface area contributed by atoms with Crippen LogP contribution in [0.2, 0.25) is 10.0 Å². The highest BCUT2D eigenvalue weighted by atomic mass is 35.5. The largest absolute Gasteiger partial charge is 0.390 e. The minimum Gasteiger partial charge on any atom is -0.390 e. The van der Waals surface area contributed by atoms with Crippen LogP contribution in [0, 0.1) is 0 Å². The molecule has 0 fully saturated rings. The molecule has 0 radical (unpaired) electrons. The van der Waals surface area contributed by atoms with Gasteiger partial charge in [-0.2, -0.15) is 0 Å². The summed E-state index contributed by atoms with van der Waals surface area (Å²) in [6.07, 6.45) is -3.41. The molecule has 2 aromatic rings. The Bertz CT molecular complexity index is 576. The molecule has 132 valence electrons. The average Bonchev–Trinajstić information content (AvgIpc) is 2.55. The van der Waals surface area contributed by atoms with Crippen molar-refractivity contribution in [3.63, 3.8) is 0 Å². The van der Waals surface area contributed by atoms with Gasteiger partial charge < -0.3 is 20.4 Å². The van der Waals surface area contributed by atoms with Crippen LogP contribution in [0.15, 0.2) is 48.5 Å². The van der Waals surface area contributed by atoms with Gasteiger partial charge in [-0.25, -0.2) is 0 Å². The molecule has 4 nitrogen and oxygen atoms in total. The lowest BCUT2D eigenvalue weighted by atomic mass is 10.1. The first-order valence-electron chi connectivity index (χ1n) is 7.46. The fraction of sp³-hybridized carbons (Fsp3) is 0.333. The molecule has 4 atom stereocenters. The maximum atomic E-state index is 9.44. The molecule has 0 heterocycles. The fourth-order valence-corrected chi connectivity index (χ4v) is 2.44. The molecule has 0 saturated heterocycles. The van der Waals surface area contributed by atoms with Crippen LogP contribution in [-0.2, 0) is 0 Å². The van der Waals surface area contributed by atoms with Gasteiger partial charge in [0, 0.05) is 21.2 Å². The lowest BCUT2D eigenvalue weighted by molar-refractivity contribution is 0.0306. The van der Waals surface area contributed by atoms with Crippen molar-refractivity contribution >= 4 is 23.2 Å². The van der Waals surface area contributed by atoms with E-state index in [2.05, 4.69) is 0 Å². The van der Waals surface area contributed by atoms with Crippen molar-refractivity contribution in [3.8, 4) is 0 Å². The summed E-state index contributed by atoms with van der Waals surface area (Å²) < 4.78 is 0. The first-order valence-corrected chi connectivity index (χ1v) is 8.22. The summed E-state index contributed by atoms with van der Waals surface area (Å²) in [5, 5.41) is 38.0. The minimum absolute atomic E-state index is 0.478. The quantitative estimate of drug-likeness (QED) is 0.661. The summed E-state index contributed by atoms with van der Waals surface area (Å²) in [5.41, 5.74) is 1.13. The van der Waals surface area contributed by atoms with Crippen molar-refractivity contribution in [2.24, 2.45) is 0 Å². The summed E-state index contributed by atoms with van der Waals surface area (Å²) in [7, 11) is 0. The van der Waals surface area contributed by atoms with Crippen LogP contribution in [0.5, 0.6) is 0 Å². The molecule has 0 aliphatic carbocycles. The van der Waals surface area contributed by atoms with Gasteiger partial charge in [0.1, 0.15) is 12.2 Å². The van der Waals surface area contributed by atoms with Crippen molar-refractivity contribution in [2.45, 2.75) is 38.3 Å². The van der Waals surface area contributed by atoms with E-state index in [0.717, 1.165) is 0 Å². The molecule has 2 rings (SSSR count). The molecule has 0 aliphatic rings. The van der Waals surface area contributed by atoms with E-state index in [0.29, 0.717) is 21.2 Å². The summed E-state index contributed by atoms with van der Waals surface area (Å²) >= 11 is 11.6. The van der Waals surface area contributed by atoms with E-state index in [1.165, 1.54) is 13.8 Å². The number of benzene rings is 2. The monoisotopic (exact) mass is 372 g/mol. The molecule has 0 saturated carbocycles. The Morgan fingerprint density at radius 3 is 1.17 bits per heavy atom. The Morgan fingerprint density at radius 1 is 0.625 bits per heavy atom. The number of halogens is 2. The second kappa shape index (κ2) is 9.99. The van der Waals surface area contributed by atoms with Gasteiger partial charge >= 0.3 is 0 Å². The molecule has 4 N–H and O–H groups in total. The third-order valence-electron chi connectivity index (χ3n) is 3.36. The van der Waals surface area contributed by atoms with Crippen LogP contribution in [0.4, 0.5) is 0 Å². The standard InChI is InChI=1S/2C9H11ClO2/c2*1-6(11)9(12)7-4-2-3-5-8(7)10/h2*2-6,9,11-12H,1H3/t2*6-,9+/m10/s1. The molecular weight excluding hydrogens is 351 g/mol. The van der Waals surface area contributed by atoms with E-state index >= 15 is 0 Å². The lowest BCUT2D eigenvalue weighted by Crippen LogP contribution is -2.13.